The number of hydrazine groups is 1. The Balaban J connectivity index is 1.83. The molecule has 2 aliphatic rings. The molecule has 5 heteroatoms. The first kappa shape index (κ1) is 10.9. The summed E-state index contributed by atoms with van der Waals surface area (Å²) < 4.78 is 0. The van der Waals surface area contributed by atoms with E-state index in [0.717, 1.165) is 19.6 Å². The van der Waals surface area contributed by atoms with Crippen molar-refractivity contribution in [3.8, 4) is 0 Å². The van der Waals surface area contributed by atoms with E-state index in [1.807, 2.05) is 0 Å². The van der Waals surface area contributed by atoms with Crippen molar-refractivity contribution in [1.29, 1.82) is 0 Å². The van der Waals surface area contributed by atoms with E-state index in [1.165, 1.54) is 25.8 Å². The summed E-state index contributed by atoms with van der Waals surface area (Å²) in [4.78, 5) is 15.9. The first-order valence-corrected chi connectivity index (χ1v) is 5.75. The molecule has 0 spiro atoms. The number of hydrogen-bond donors (Lipinski definition) is 2. The Labute approximate surface area is 90.6 Å². The molecule has 5 nitrogen and oxygen atoms in total. The number of fused-ring (bicyclic) bond motifs is 1. The van der Waals surface area contributed by atoms with Gasteiger partial charge in [0.05, 0.1) is 6.54 Å². The molecule has 0 aromatic carbocycles. The zero-order valence-electron chi connectivity index (χ0n) is 9.11. The number of amides is 1. The Bertz CT molecular complexity index is 233. The highest BCUT2D eigenvalue weighted by Gasteiger charge is 2.29. The molecule has 2 saturated heterocycles. The average molecular weight is 212 g/mol. The van der Waals surface area contributed by atoms with Crippen LogP contribution in [0.1, 0.15) is 19.3 Å². The molecule has 0 radical (unpaired) electrons. The number of nitrogens with one attached hydrogen (secondary N) is 1. The van der Waals surface area contributed by atoms with Crippen LogP contribution in [-0.4, -0.2) is 54.5 Å². The quantitative estimate of drug-likeness (QED) is 0.355. The number of piperidine rings is 1. The number of nitrogens with two attached hydrogens (primary N) is 1. The maximum Gasteiger partial charge on any atom is 0.248 e. The molecule has 15 heavy (non-hydrogen) atoms. The van der Waals surface area contributed by atoms with Crippen LogP contribution in [0, 0.1) is 0 Å². The third kappa shape index (κ3) is 2.68. The second-order valence-corrected chi connectivity index (χ2v) is 4.49. The molecule has 0 aliphatic carbocycles. The summed E-state index contributed by atoms with van der Waals surface area (Å²) in [5.41, 5.74) is 2.19. The first-order valence-electron chi connectivity index (χ1n) is 5.75. The van der Waals surface area contributed by atoms with Gasteiger partial charge in [0.25, 0.3) is 0 Å². The maximum atomic E-state index is 11.1. The van der Waals surface area contributed by atoms with Crippen molar-refractivity contribution < 1.29 is 4.79 Å². The van der Waals surface area contributed by atoms with Crippen molar-refractivity contribution in [2.24, 2.45) is 5.84 Å². The number of carbonyl (C=O) groups is 1. The van der Waals surface area contributed by atoms with Gasteiger partial charge >= 0.3 is 0 Å². The SMILES string of the molecule is NNC(=O)CN1CCN2CCCCC2C1. The highest BCUT2D eigenvalue weighted by atomic mass is 16.2. The van der Waals surface area contributed by atoms with Crippen LogP contribution in [0.3, 0.4) is 0 Å². The molecule has 0 aromatic rings. The third-order valence-corrected chi connectivity index (χ3v) is 3.45. The van der Waals surface area contributed by atoms with E-state index in [4.69, 9.17) is 5.84 Å². The Kier molecular flexibility index (Phi) is 3.56. The number of hydrogen-bond acceptors (Lipinski definition) is 4. The molecule has 1 atom stereocenters. The summed E-state index contributed by atoms with van der Waals surface area (Å²) in [7, 11) is 0. The fraction of sp³-hybridized carbons (Fsp3) is 0.900. The molecule has 2 aliphatic heterocycles. The summed E-state index contributed by atoms with van der Waals surface area (Å²) in [5.74, 6) is 5.00. The molecule has 0 aromatic heterocycles. The van der Waals surface area contributed by atoms with Crippen LogP contribution in [-0.2, 0) is 4.79 Å². The molecule has 2 fully saturated rings. The lowest BCUT2D eigenvalue weighted by Crippen LogP contribution is -2.56. The van der Waals surface area contributed by atoms with Gasteiger partial charge in [-0.1, -0.05) is 6.42 Å². The number of nitrogens with zero attached hydrogens (tertiary/aromatic N) is 2. The summed E-state index contributed by atoms with van der Waals surface area (Å²) in [5, 5.41) is 0. The van der Waals surface area contributed by atoms with E-state index in [0.29, 0.717) is 12.6 Å². The minimum absolute atomic E-state index is 0.0840. The minimum atomic E-state index is -0.0840. The Morgan fingerprint density at radius 1 is 1.33 bits per heavy atom. The van der Waals surface area contributed by atoms with Crippen LogP contribution in [0.5, 0.6) is 0 Å². The predicted molar refractivity (Wildman–Crippen MR) is 58.0 cm³/mol. The second-order valence-electron chi connectivity index (χ2n) is 4.49. The molecule has 86 valence electrons. The van der Waals surface area contributed by atoms with Gasteiger partial charge in [-0.2, -0.15) is 0 Å². The minimum Gasteiger partial charge on any atom is -0.298 e. The van der Waals surface area contributed by atoms with Gasteiger partial charge in [-0.25, -0.2) is 5.84 Å². The van der Waals surface area contributed by atoms with E-state index < -0.39 is 0 Å². The van der Waals surface area contributed by atoms with Crippen molar-refractivity contribution in [2.45, 2.75) is 25.3 Å². The number of carbonyl (C=O) groups excluding carboxylic acids is 1. The lowest BCUT2D eigenvalue weighted by Gasteiger charge is -2.43. The lowest BCUT2D eigenvalue weighted by molar-refractivity contribution is -0.123. The third-order valence-electron chi connectivity index (χ3n) is 3.45. The summed E-state index contributed by atoms with van der Waals surface area (Å²) in [6.45, 7) is 4.79. The van der Waals surface area contributed by atoms with Gasteiger partial charge in [0.1, 0.15) is 0 Å². The van der Waals surface area contributed by atoms with Gasteiger partial charge in [0.2, 0.25) is 5.91 Å². The molecule has 0 bridgehead atoms. The normalized spacial score (nSPS) is 28.5. The van der Waals surface area contributed by atoms with Crippen LogP contribution in [0.15, 0.2) is 0 Å². The van der Waals surface area contributed by atoms with E-state index in [-0.39, 0.29) is 5.91 Å². The van der Waals surface area contributed by atoms with Crippen molar-refractivity contribution >= 4 is 5.91 Å². The van der Waals surface area contributed by atoms with Crippen LogP contribution in [0.25, 0.3) is 0 Å². The second kappa shape index (κ2) is 4.92. The van der Waals surface area contributed by atoms with Gasteiger partial charge in [-0.3, -0.25) is 20.0 Å². The monoisotopic (exact) mass is 212 g/mol. The standard InChI is InChI=1S/C10H20N4O/c11-12-10(15)8-13-5-6-14-4-2-1-3-9(14)7-13/h9H,1-8,11H2,(H,12,15). The van der Waals surface area contributed by atoms with Crippen molar-refractivity contribution in [3.05, 3.63) is 0 Å². The largest absolute Gasteiger partial charge is 0.298 e. The molecule has 3 N–H and O–H groups in total. The number of rotatable bonds is 2. The van der Waals surface area contributed by atoms with E-state index in [1.54, 1.807) is 0 Å². The first-order chi connectivity index (χ1) is 7.29. The zero-order chi connectivity index (χ0) is 10.7. The van der Waals surface area contributed by atoms with Crippen LogP contribution in [0.4, 0.5) is 0 Å². The summed E-state index contributed by atoms with van der Waals surface area (Å²) >= 11 is 0. The number of piperazine rings is 1. The van der Waals surface area contributed by atoms with Crippen molar-refractivity contribution in [1.82, 2.24) is 15.2 Å². The van der Waals surface area contributed by atoms with E-state index >= 15 is 0 Å². The fourth-order valence-electron chi connectivity index (χ4n) is 2.61. The average Bonchev–Trinajstić information content (AvgIpc) is 2.29. The molecular formula is C10H20N4O. The van der Waals surface area contributed by atoms with Gasteiger partial charge in [0.15, 0.2) is 0 Å². The topological polar surface area (TPSA) is 61.6 Å². The van der Waals surface area contributed by atoms with E-state index in [2.05, 4.69) is 15.2 Å². The Hall–Kier alpha value is -0.650. The van der Waals surface area contributed by atoms with Gasteiger partial charge in [0, 0.05) is 25.7 Å². The molecule has 2 rings (SSSR count). The van der Waals surface area contributed by atoms with Gasteiger partial charge in [-0.05, 0) is 19.4 Å². The maximum absolute atomic E-state index is 11.1. The molecule has 1 unspecified atom stereocenters. The highest BCUT2D eigenvalue weighted by Crippen LogP contribution is 2.20. The van der Waals surface area contributed by atoms with Crippen LogP contribution in [0.2, 0.25) is 0 Å². The van der Waals surface area contributed by atoms with E-state index in [9.17, 15) is 4.79 Å². The van der Waals surface area contributed by atoms with Crippen LogP contribution >= 0.6 is 0 Å². The molecular weight excluding hydrogens is 192 g/mol. The molecule has 1 amide bonds. The smallest absolute Gasteiger partial charge is 0.248 e. The van der Waals surface area contributed by atoms with Gasteiger partial charge in [-0.15, -0.1) is 0 Å². The Morgan fingerprint density at radius 2 is 2.20 bits per heavy atom. The van der Waals surface area contributed by atoms with Crippen LogP contribution < -0.4 is 11.3 Å². The summed E-state index contributed by atoms with van der Waals surface area (Å²) in [6.07, 6.45) is 3.94. The predicted octanol–water partition coefficient (Wildman–Crippen LogP) is -0.854. The van der Waals surface area contributed by atoms with Gasteiger partial charge < -0.3 is 0 Å². The highest BCUT2D eigenvalue weighted by molar-refractivity contribution is 5.77. The summed E-state index contributed by atoms with van der Waals surface area (Å²) in [6, 6.07) is 0.665. The fourth-order valence-corrected chi connectivity index (χ4v) is 2.61. The van der Waals surface area contributed by atoms with Crippen molar-refractivity contribution in [3.63, 3.8) is 0 Å². The molecule has 2 heterocycles. The zero-order valence-corrected chi connectivity index (χ0v) is 9.11. The Morgan fingerprint density at radius 3 is 3.00 bits per heavy atom. The van der Waals surface area contributed by atoms with Crippen molar-refractivity contribution in [2.75, 3.05) is 32.7 Å². The lowest BCUT2D eigenvalue weighted by atomic mass is 9.99. The molecule has 0 saturated carbocycles.